The van der Waals surface area contributed by atoms with Crippen molar-refractivity contribution in [3.8, 4) is 5.75 Å². The van der Waals surface area contributed by atoms with Gasteiger partial charge in [-0.25, -0.2) is 8.78 Å². The van der Waals surface area contributed by atoms with E-state index in [1.165, 1.54) is 12.1 Å². The molecule has 1 rings (SSSR count). The molecule has 0 unspecified atom stereocenters. The van der Waals surface area contributed by atoms with Crippen LogP contribution in [0, 0.1) is 0 Å². The fourth-order valence-corrected chi connectivity index (χ4v) is 1.24. The maximum atomic E-state index is 11.7. The second kappa shape index (κ2) is 7.60. The largest absolute Gasteiger partial charge is 0.508 e. The van der Waals surface area contributed by atoms with E-state index in [4.69, 9.17) is 5.11 Å². The van der Waals surface area contributed by atoms with Crippen molar-refractivity contribution in [2.75, 3.05) is 13.2 Å². The van der Waals surface area contributed by atoms with E-state index in [2.05, 4.69) is 10.1 Å². The van der Waals surface area contributed by atoms with Crippen molar-refractivity contribution < 1.29 is 23.4 Å². The summed E-state index contributed by atoms with van der Waals surface area (Å²) in [6, 6.07) is 6.41. The van der Waals surface area contributed by atoms with Crippen molar-refractivity contribution in [1.82, 2.24) is 5.32 Å². The number of hydrogen-bond donors (Lipinski definition) is 2. The van der Waals surface area contributed by atoms with Crippen molar-refractivity contribution in [3.63, 3.8) is 0 Å². The van der Waals surface area contributed by atoms with Crippen LogP contribution in [0.2, 0.25) is 0 Å². The topological polar surface area (TPSA) is 58.6 Å². The van der Waals surface area contributed by atoms with Crippen LogP contribution in [0.15, 0.2) is 24.3 Å². The zero-order chi connectivity index (χ0) is 13.4. The summed E-state index contributed by atoms with van der Waals surface area (Å²) in [4.78, 5) is 11.3. The van der Waals surface area contributed by atoms with Gasteiger partial charge < -0.3 is 15.2 Å². The van der Waals surface area contributed by atoms with Crippen LogP contribution in [-0.2, 0) is 16.1 Å². The summed E-state index contributed by atoms with van der Waals surface area (Å²) in [5, 5.41) is 11.7. The molecule has 0 fully saturated rings. The van der Waals surface area contributed by atoms with Gasteiger partial charge in [-0.3, -0.25) is 4.79 Å². The minimum Gasteiger partial charge on any atom is -0.508 e. The molecule has 18 heavy (non-hydrogen) atoms. The molecule has 0 saturated carbocycles. The highest BCUT2D eigenvalue weighted by molar-refractivity contribution is 5.75. The Balaban J connectivity index is 2.15. The molecule has 1 aromatic rings. The summed E-state index contributed by atoms with van der Waals surface area (Å²) in [6.07, 6.45) is -2.46. The van der Waals surface area contributed by atoms with Crippen LogP contribution in [0.5, 0.6) is 5.75 Å². The fraction of sp³-hybridized carbons (Fsp3) is 0.417. The van der Waals surface area contributed by atoms with Crippen molar-refractivity contribution in [3.05, 3.63) is 29.8 Å². The second-order valence-electron chi connectivity index (χ2n) is 3.66. The van der Waals surface area contributed by atoms with Gasteiger partial charge in [-0.1, -0.05) is 12.1 Å². The number of phenols is 1. The van der Waals surface area contributed by atoms with Crippen molar-refractivity contribution in [2.24, 2.45) is 0 Å². The Morgan fingerprint density at radius 3 is 2.61 bits per heavy atom. The van der Waals surface area contributed by atoms with E-state index >= 15 is 0 Å². The van der Waals surface area contributed by atoms with Crippen LogP contribution in [-0.4, -0.2) is 30.7 Å². The third-order valence-electron chi connectivity index (χ3n) is 2.14. The Kier molecular flexibility index (Phi) is 6.07. The molecule has 0 bridgehead atoms. The van der Waals surface area contributed by atoms with Gasteiger partial charge in [0.2, 0.25) is 5.91 Å². The maximum absolute atomic E-state index is 11.7. The van der Waals surface area contributed by atoms with E-state index in [9.17, 15) is 13.6 Å². The van der Waals surface area contributed by atoms with E-state index in [1.807, 2.05) is 0 Å². The number of amides is 1. The average Bonchev–Trinajstić information content (AvgIpc) is 2.34. The molecule has 0 saturated heterocycles. The second-order valence-corrected chi connectivity index (χ2v) is 3.66. The highest BCUT2D eigenvalue weighted by Crippen LogP contribution is 2.09. The molecule has 1 amide bonds. The molecule has 0 aliphatic rings. The van der Waals surface area contributed by atoms with Crippen molar-refractivity contribution in [2.45, 2.75) is 19.4 Å². The van der Waals surface area contributed by atoms with E-state index in [0.29, 0.717) is 6.54 Å². The quantitative estimate of drug-likeness (QED) is 0.732. The van der Waals surface area contributed by atoms with Gasteiger partial charge >= 0.3 is 0 Å². The molecule has 0 aliphatic heterocycles. The highest BCUT2D eigenvalue weighted by atomic mass is 19.3. The predicted molar refractivity (Wildman–Crippen MR) is 61.4 cm³/mol. The number of carbonyl (C=O) groups is 1. The molecule has 4 nitrogen and oxygen atoms in total. The van der Waals surface area contributed by atoms with Crippen molar-refractivity contribution in [1.29, 1.82) is 0 Å². The van der Waals surface area contributed by atoms with Crippen LogP contribution in [0.3, 0.4) is 0 Å². The molecule has 0 heterocycles. The van der Waals surface area contributed by atoms with Gasteiger partial charge in [0.05, 0.1) is 6.61 Å². The molecule has 0 spiro atoms. The first-order valence-corrected chi connectivity index (χ1v) is 5.48. The standard InChI is InChI=1S/C12H15F2NO3/c13-11(14)8-18-6-5-12(17)15-7-9-1-3-10(16)4-2-9/h1-4,11,16H,5-8H2,(H,15,17). The lowest BCUT2D eigenvalue weighted by molar-refractivity contribution is -0.122. The first-order valence-electron chi connectivity index (χ1n) is 5.48. The molecule has 0 radical (unpaired) electrons. The number of phenolic OH excluding ortho intramolecular Hbond substituents is 1. The number of benzene rings is 1. The molecular weight excluding hydrogens is 244 g/mol. The average molecular weight is 259 g/mol. The van der Waals surface area contributed by atoms with E-state index < -0.39 is 13.0 Å². The predicted octanol–water partition coefficient (Wildman–Crippen LogP) is 1.68. The molecule has 2 N–H and O–H groups in total. The minimum absolute atomic E-state index is 0.0221. The summed E-state index contributed by atoms with van der Waals surface area (Å²) in [6.45, 7) is -0.342. The van der Waals surface area contributed by atoms with Crippen LogP contribution in [0.25, 0.3) is 0 Å². The van der Waals surface area contributed by atoms with E-state index in [0.717, 1.165) is 5.56 Å². The number of hydrogen-bond acceptors (Lipinski definition) is 3. The van der Waals surface area contributed by atoms with Gasteiger partial charge in [0.1, 0.15) is 12.4 Å². The fourth-order valence-electron chi connectivity index (χ4n) is 1.24. The SMILES string of the molecule is O=C(CCOCC(F)F)NCc1ccc(O)cc1. The minimum atomic E-state index is -2.51. The lowest BCUT2D eigenvalue weighted by Gasteiger charge is -2.06. The van der Waals surface area contributed by atoms with Crippen LogP contribution < -0.4 is 5.32 Å². The summed E-state index contributed by atoms with van der Waals surface area (Å²) in [5.41, 5.74) is 0.842. The molecule has 100 valence electrons. The maximum Gasteiger partial charge on any atom is 0.261 e. The van der Waals surface area contributed by atoms with Gasteiger partial charge in [-0.05, 0) is 17.7 Å². The Labute approximate surface area is 104 Å². The van der Waals surface area contributed by atoms with Gasteiger partial charge in [0.25, 0.3) is 6.43 Å². The molecule has 0 aliphatic carbocycles. The lowest BCUT2D eigenvalue weighted by Crippen LogP contribution is -2.24. The normalized spacial score (nSPS) is 10.6. The van der Waals surface area contributed by atoms with Gasteiger partial charge in [0, 0.05) is 13.0 Å². The summed E-state index contributed by atoms with van der Waals surface area (Å²) in [5.74, 6) is -0.109. The Hall–Kier alpha value is -1.69. The van der Waals surface area contributed by atoms with E-state index in [1.54, 1.807) is 12.1 Å². The number of aromatic hydroxyl groups is 1. The molecule has 6 heteroatoms. The smallest absolute Gasteiger partial charge is 0.261 e. The molecule has 1 aromatic carbocycles. The highest BCUT2D eigenvalue weighted by Gasteiger charge is 2.04. The molecule has 0 atom stereocenters. The molecule has 0 aromatic heterocycles. The number of nitrogens with one attached hydrogen (secondary N) is 1. The number of ether oxygens (including phenoxy) is 1. The number of carbonyl (C=O) groups excluding carboxylic acids is 1. The Bertz CT molecular complexity index is 368. The van der Waals surface area contributed by atoms with Crippen LogP contribution >= 0.6 is 0 Å². The monoisotopic (exact) mass is 259 g/mol. The summed E-state index contributed by atoms with van der Waals surface area (Å²) >= 11 is 0. The van der Waals surface area contributed by atoms with E-state index in [-0.39, 0.29) is 24.7 Å². The Morgan fingerprint density at radius 1 is 1.33 bits per heavy atom. The third-order valence-corrected chi connectivity index (χ3v) is 2.14. The first kappa shape index (κ1) is 14.4. The van der Waals surface area contributed by atoms with Crippen LogP contribution in [0.4, 0.5) is 8.78 Å². The number of rotatable bonds is 7. The number of halogens is 2. The molecular formula is C12H15F2NO3. The Morgan fingerprint density at radius 2 is 2.00 bits per heavy atom. The summed E-state index contributed by atoms with van der Waals surface area (Å²) < 4.78 is 28.0. The third kappa shape index (κ3) is 6.15. The zero-order valence-corrected chi connectivity index (χ0v) is 9.73. The van der Waals surface area contributed by atoms with Gasteiger partial charge in [0.15, 0.2) is 0 Å². The summed E-state index contributed by atoms with van der Waals surface area (Å²) in [7, 11) is 0. The lowest BCUT2D eigenvalue weighted by atomic mass is 10.2. The van der Waals surface area contributed by atoms with Gasteiger partial charge in [-0.2, -0.15) is 0 Å². The number of alkyl halides is 2. The zero-order valence-electron chi connectivity index (χ0n) is 9.73. The van der Waals surface area contributed by atoms with Crippen molar-refractivity contribution >= 4 is 5.91 Å². The first-order chi connectivity index (χ1) is 8.58. The van der Waals surface area contributed by atoms with Crippen LogP contribution in [0.1, 0.15) is 12.0 Å². The van der Waals surface area contributed by atoms with Gasteiger partial charge in [-0.15, -0.1) is 0 Å².